The molecule has 0 aliphatic heterocycles. The van der Waals surface area contributed by atoms with Crippen LogP contribution in [0.1, 0.15) is 39.7 Å². The Labute approximate surface area is 149 Å². The van der Waals surface area contributed by atoms with Crippen molar-refractivity contribution in [2.24, 2.45) is 0 Å². The van der Waals surface area contributed by atoms with Crippen LogP contribution in [-0.4, -0.2) is 17.4 Å². The van der Waals surface area contributed by atoms with Crippen LogP contribution in [0.25, 0.3) is 10.9 Å². The van der Waals surface area contributed by atoms with Gasteiger partial charge in [0.05, 0.1) is 11.1 Å². The first-order chi connectivity index (χ1) is 11.9. The van der Waals surface area contributed by atoms with Crippen molar-refractivity contribution in [2.75, 3.05) is 11.4 Å². The molecule has 128 valence electrons. The van der Waals surface area contributed by atoms with Crippen molar-refractivity contribution >= 4 is 22.5 Å². The van der Waals surface area contributed by atoms with Crippen LogP contribution in [0.3, 0.4) is 0 Å². The van der Waals surface area contributed by atoms with Gasteiger partial charge in [-0.25, -0.2) is 0 Å². The summed E-state index contributed by atoms with van der Waals surface area (Å²) in [7, 11) is 0. The topological polar surface area (TPSA) is 33.2 Å². The minimum atomic E-state index is 0.0237. The van der Waals surface area contributed by atoms with Crippen LogP contribution in [0, 0.1) is 27.7 Å². The highest BCUT2D eigenvalue weighted by molar-refractivity contribution is 6.14. The van der Waals surface area contributed by atoms with Gasteiger partial charge in [-0.1, -0.05) is 29.3 Å². The summed E-state index contributed by atoms with van der Waals surface area (Å²) in [6.07, 6.45) is 0. The zero-order valence-corrected chi connectivity index (χ0v) is 15.6. The first kappa shape index (κ1) is 17.2. The predicted molar refractivity (Wildman–Crippen MR) is 104 cm³/mol. The first-order valence-electron chi connectivity index (χ1n) is 8.68. The zero-order chi connectivity index (χ0) is 18.1. The molecule has 0 N–H and O–H groups in total. The van der Waals surface area contributed by atoms with E-state index in [9.17, 15) is 4.79 Å². The van der Waals surface area contributed by atoms with Crippen LogP contribution in [0.5, 0.6) is 0 Å². The van der Waals surface area contributed by atoms with E-state index in [4.69, 9.17) is 0 Å². The highest BCUT2D eigenvalue weighted by Gasteiger charge is 2.20. The smallest absolute Gasteiger partial charge is 0.259 e. The van der Waals surface area contributed by atoms with Gasteiger partial charge >= 0.3 is 0 Å². The highest BCUT2D eigenvalue weighted by atomic mass is 16.2. The third-order valence-corrected chi connectivity index (χ3v) is 4.53. The quantitative estimate of drug-likeness (QED) is 0.666. The molecule has 3 aromatic rings. The molecule has 1 amide bonds. The molecule has 3 heteroatoms. The molecule has 0 aliphatic carbocycles. The number of anilines is 1. The number of benzene rings is 2. The molecule has 25 heavy (non-hydrogen) atoms. The number of rotatable bonds is 3. The van der Waals surface area contributed by atoms with Gasteiger partial charge in [-0.3, -0.25) is 9.78 Å². The molecule has 0 spiro atoms. The molecule has 0 aliphatic rings. The number of carbonyl (C=O) groups is 1. The lowest BCUT2D eigenvalue weighted by Crippen LogP contribution is -2.31. The molecule has 0 atom stereocenters. The van der Waals surface area contributed by atoms with E-state index < -0.39 is 0 Å². The normalized spacial score (nSPS) is 10.9. The van der Waals surface area contributed by atoms with E-state index in [-0.39, 0.29) is 5.91 Å². The first-order valence-corrected chi connectivity index (χ1v) is 8.68. The Balaban J connectivity index is 2.16. The summed E-state index contributed by atoms with van der Waals surface area (Å²) in [5, 5.41) is 0.916. The number of hydrogen-bond donors (Lipinski definition) is 0. The van der Waals surface area contributed by atoms with Crippen molar-refractivity contribution in [3.63, 3.8) is 0 Å². The van der Waals surface area contributed by atoms with Crippen LogP contribution < -0.4 is 4.90 Å². The van der Waals surface area contributed by atoms with Gasteiger partial charge in [-0.15, -0.1) is 0 Å². The lowest BCUT2D eigenvalue weighted by molar-refractivity contribution is 0.0989. The maximum absolute atomic E-state index is 13.4. The molecule has 0 saturated heterocycles. The molecule has 1 aromatic heterocycles. The van der Waals surface area contributed by atoms with E-state index in [0.29, 0.717) is 12.1 Å². The van der Waals surface area contributed by atoms with E-state index in [2.05, 4.69) is 31.0 Å². The van der Waals surface area contributed by atoms with Crippen LogP contribution in [0.15, 0.2) is 42.5 Å². The number of aromatic nitrogens is 1. The molecule has 3 rings (SSSR count). The van der Waals surface area contributed by atoms with Gasteiger partial charge < -0.3 is 4.90 Å². The predicted octanol–water partition coefficient (Wildman–Crippen LogP) is 5.14. The molecule has 3 nitrogen and oxygen atoms in total. The van der Waals surface area contributed by atoms with Crippen molar-refractivity contribution in [1.29, 1.82) is 0 Å². The summed E-state index contributed by atoms with van der Waals surface area (Å²) in [5.74, 6) is 0.0237. The maximum Gasteiger partial charge on any atom is 0.259 e. The van der Waals surface area contributed by atoms with E-state index >= 15 is 0 Å². The Bertz CT molecular complexity index is 960. The van der Waals surface area contributed by atoms with Crippen molar-refractivity contribution in [1.82, 2.24) is 4.98 Å². The van der Waals surface area contributed by atoms with Gasteiger partial charge in [0.2, 0.25) is 0 Å². The van der Waals surface area contributed by atoms with Crippen LogP contribution in [-0.2, 0) is 0 Å². The summed E-state index contributed by atoms with van der Waals surface area (Å²) in [4.78, 5) is 19.8. The van der Waals surface area contributed by atoms with Gasteiger partial charge in [0.15, 0.2) is 0 Å². The summed E-state index contributed by atoms with van der Waals surface area (Å²) in [6, 6.07) is 14.2. The third kappa shape index (κ3) is 3.27. The van der Waals surface area contributed by atoms with Crippen molar-refractivity contribution in [3.05, 3.63) is 70.4 Å². The lowest BCUT2D eigenvalue weighted by atomic mass is 10.0. The van der Waals surface area contributed by atoms with Crippen LogP contribution in [0.2, 0.25) is 0 Å². The van der Waals surface area contributed by atoms with Gasteiger partial charge in [0.25, 0.3) is 5.91 Å². The molecular formula is C22H24N2O. The second-order valence-corrected chi connectivity index (χ2v) is 6.67. The largest absolute Gasteiger partial charge is 0.308 e. The lowest BCUT2D eigenvalue weighted by Gasteiger charge is -2.24. The Kier molecular flexibility index (Phi) is 4.58. The fourth-order valence-corrected chi connectivity index (χ4v) is 3.33. The van der Waals surface area contributed by atoms with Crippen molar-refractivity contribution < 1.29 is 4.79 Å². The second-order valence-electron chi connectivity index (χ2n) is 6.67. The summed E-state index contributed by atoms with van der Waals surface area (Å²) >= 11 is 0. The molecule has 0 radical (unpaired) electrons. The summed E-state index contributed by atoms with van der Waals surface area (Å²) in [5.41, 5.74) is 6.84. The van der Waals surface area contributed by atoms with E-state index in [1.54, 1.807) is 0 Å². The second kappa shape index (κ2) is 6.67. The average molecular weight is 332 g/mol. The van der Waals surface area contributed by atoms with Gasteiger partial charge in [-0.05, 0) is 64.4 Å². The monoisotopic (exact) mass is 332 g/mol. The minimum Gasteiger partial charge on any atom is -0.308 e. The average Bonchev–Trinajstić information content (AvgIpc) is 2.57. The molecule has 0 unspecified atom stereocenters. The van der Waals surface area contributed by atoms with E-state index in [0.717, 1.165) is 33.4 Å². The van der Waals surface area contributed by atoms with Gasteiger partial charge in [0, 0.05) is 23.3 Å². The molecule has 1 heterocycles. The molecule has 0 saturated carbocycles. The SMILES string of the molecule is CCN(C(=O)c1cc(C)nc2ccc(C)cc12)c1ccc(C)cc1C. The molecule has 0 bridgehead atoms. The number of aryl methyl sites for hydroxylation is 4. The third-order valence-electron chi connectivity index (χ3n) is 4.53. The standard InChI is InChI=1S/C22H24N2O/c1-6-24(21-10-8-14(2)11-16(21)4)22(25)19-13-17(5)23-20-9-7-15(3)12-18(19)20/h7-13H,6H2,1-5H3. The number of carbonyl (C=O) groups excluding carboxylic acids is 1. The molecular weight excluding hydrogens is 308 g/mol. The Morgan fingerprint density at radius 2 is 1.64 bits per heavy atom. The van der Waals surface area contributed by atoms with E-state index in [1.165, 1.54) is 5.56 Å². The molecule has 2 aromatic carbocycles. The number of nitrogens with zero attached hydrogens (tertiary/aromatic N) is 2. The molecule has 0 fully saturated rings. The van der Waals surface area contributed by atoms with Crippen LogP contribution >= 0.6 is 0 Å². The highest BCUT2D eigenvalue weighted by Crippen LogP contribution is 2.26. The summed E-state index contributed by atoms with van der Waals surface area (Å²) in [6.45, 7) is 10.7. The van der Waals surface area contributed by atoms with E-state index in [1.807, 2.05) is 56.0 Å². The number of hydrogen-bond acceptors (Lipinski definition) is 2. The maximum atomic E-state index is 13.4. The number of pyridine rings is 1. The Hall–Kier alpha value is -2.68. The number of amides is 1. The van der Waals surface area contributed by atoms with Crippen molar-refractivity contribution in [3.8, 4) is 0 Å². The van der Waals surface area contributed by atoms with Gasteiger partial charge in [0.1, 0.15) is 0 Å². The number of fused-ring (bicyclic) bond motifs is 1. The summed E-state index contributed by atoms with van der Waals surface area (Å²) < 4.78 is 0. The zero-order valence-electron chi connectivity index (χ0n) is 15.6. The van der Waals surface area contributed by atoms with Gasteiger partial charge in [-0.2, -0.15) is 0 Å². The minimum absolute atomic E-state index is 0.0237. The van der Waals surface area contributed by atoms with Crippen LogP contribution in [0.4, 0.5) is 5.69 Å². The fourth-order valence-electron chi connectivity index (χ4n) is 3.33. The van der Waals surface area contributed by atoms with Crippen molar-refractivity contribution in [2.45, 2.75) is 34.6 Å². The Morgan fingerprint density at radius 1 is 0.960 bits per heavy atom. The fraction of sp³-hybridized carbons (Fsp3) is 0.273. The Morgan fingerprint density at radius 3 is 2.32 bits per heavy atom.